The van der Waals surface area contributed by atoms with Crippen LogP contribution in [0, 0.1) is 0 Å². The summed E-state index contributed by atoms with van der Waals surface area (Å²) in [5.74, 6) is 1.13. The van der Waals surface area contributed by atoms with Crippen LogP contribution in [0.5, 0.6) is 11.5 Å². The summed E-state index contributed by atoms with van der Waals surface area (Å²) < 4.78 is 10.6. The minimum absolute atomic E-state index is 0.0808. The molecule has 1 aliphatic heterocycles. The minimum atomic E-state index is -0.254. The molecule has 1 aliphatic rings. The third kappa shape index (κ3) is 4.95. The zero-order chi connectivity index (χ0) is 15.8. The fourth-order valence-corrected chi connectivity index (χ4v) is 2.31. The van der Waals surface area contributed by atoms with Crippen LogP contribution >= 0.6 is 0 Å². The highest BCUT2D eigenvalue weighted by Crippen LogP contribution is 2.16. The molecule has 0 spiro atoms. The van der Waals surface area contributed by atoms with Gasteiger partial charge in [-0.25, -0.2) is 0 Å². The van der Waals surface area contributed by atoms with Crippen LogP contribution in [0.15, 0.2) is 24.3 Å². The summed E-state index contributed by atoms with van der Waals surface area (Å²) in [5, 5.41) is 2.69. The molecule has 0 saturated carbocycles. The summed E-state index contributed by atoms with van der Waals surface area (Å²) in [6, 6.07) is 7.22. The van der Waals surface area contributed by atoms with E-state index in [1.165, 1.54) is 0 Å². The number of ether oxygens (including phenoxy) is 2. The van der Waals surface area contributed by atoms with Crippen molar-refractivity contribution < 1.29 is 19.1 Å². The van der Waals surface area contributed by atoms with E-state index in [1.807, 2.05) is 12.1 Å². The summed E-state index contributed by atoms with van der Waals surface area (Å²) >= 11 is 0. The minimum Gasteiger partial charge on any atom is -0.497 e. The largest absolute Gasteiger partial charge is 0.497 e. The van der Waals surface area contributed by atoms with Gasteiger partial charge >= 0.3 is 0 Å². The van der Waals surface area contributed by atoms with Crippen LogP contribution in [0.4, 0.5) is 0 Å². The molecule has 2 rings (SSSR count). The molecule has 0 bridgehead atoms. The first-order chi connectivity index (χ1) is 10.7. The first kappa shape index (κ1) is 16.1. The van der Waals surface area contributed by atoms with Gasteiger partial charge in [0.25, 0.3) is 0 Å². The normalized spacial score (nSPS) is 13.8. The lowest BCUT2D eigenvalue weighted by atomic mass is 10.3. The molecule has 1 saturated heterocycles. The first-order valence-corrected chi connectivity index (χ1v) is 7.50. The van der Waals surface area contributed by atoms with Gasteiger partial charge in [0, 0.05) is 13.1 Å². The Kier molecular flexibility index (Phi) is 6.06. The van der Waals surface area contributed by atoms with Gasteiger partial charge in [-0.05, 0) is 37.1 Å². The molecule has 6 nitrogen and oxygen atoms in total. The fourth-order valence-electron chi connectivity index (χ4n) is 2.31. The van der Waals surface area contributed by atoms with Gasteiger partial charge in [-0.1, -0.05) is 0 Å². The highest BCUT2D eigenvalue weighted by molar-refractivity contribution is 5.96. The lowest BCUT2D eigenvalue weighted by Gasteiger charge is -2.14. The van der Waals surface area contributed by atoms with Crippen molar-refractivity contribution in [1.29, 1.82) is 0 Å². The number of benzene rings is 1. The number of carbonyl (C=O) groups excluding carboxylic acids is 2. The smallest absolute Gasteiger partial charge is 0.232 e. The Balaban J connectivity index is 1.61. The maximum atomic E-state index is 11.8. The van der Waals surface area contributed by atoms with E-state index in [-0.39, 0.29) is 18.2 Å². The second kappa shape index (κ2) is 8.26. The molecule has 0 aliphatic carbocycles. The van der Waals surface area contributed by atoms with Crippen molar-refractivity contribution in [1.82, 2.24) is 10.2 Å². The SMILES string of the molecule is COc1ccc(OCCNC(=O)CC(=O)N2CCCC2)cc1. The van der Waals surface area contributed by atoms with Crippen molar-refractivity contribution in [2.24, 2.45) is 0 Å². The predicted octanol–water partition coefficient (Wildman–Crippen LogP) is 1.20. The van der Waals surface area contributed by atoms with E-state index in [1.54, 1.807) is 24.1 Å². The van der Waals surface area contributed by atoms with Gasteiger partial charge in [-0.2, -0.15) is 0 Å². The first-order valence-electron chi connectivity index (χ1n) is 7.50. The van der Waals surface area contributed by atoms with Gasteiger partial charge < -0.3 is 19.7 Å². The number of hydrogen-bond donors (Lipinski definition) is 1. The summed E-state index contributed by atoms with van der Waals surface area (Å²) in [7, 11) is 1.61. The lowest BCUT2D eigenvalue weighted by Crippen LogP contribution is -2.35. The molecule has 0 unspecified atom stereocenters. The Hall–Kier alpha value is -2.24. The molecule has 1 N–H and O–H groups in total. The zero-order valence-corrected chi connectivity index (χ0v) is 12.8. The average molecular weight is 306 g/mol. The van der Waals surface area contributed by atoms with Crippen molar-refractivity contribution in [3.05, 3.63) is 24.3 Å². The summed E-state index contributed by atoms with van der Waals surface area (Å²) in [5.41, 5.74) is 0. The molecule has 6 heteroatoms. The van der Waals surface area contributed by atoms with E-state index in [0.29, 0.717) is 18.9 Å². The monoisotopic (exact) mass is 306 g/mol. The van der Waals surface area contributed by atoms with Crippen molar-refractivity contribution in [2.75, 3.05) is 33.4 Å². The highest BCUT2D eigenvalue weighted by Gasteiger charge is 2.19. The predicted molar refractivity (Wildman–Crippen MR) is 81.9 cm³/mol. The summed E-state index contributed by atoms with van der Waals surface area (Å²) in [6.45, 7) is 2.27. The lowest BCUT2D eigenvalue weighted by molar-refractivity contribution is -0.135. The molecule has 0 atom stereocenters. The Morgan fingerprint density at radius 3 is 2.41 bits per heavy atom. The Labute approximate surface area is 130 Å². The van der Waals surface area contributed by atoms with Gasteiger partial charge in [-0.15, -0.1) is 0 Å². The molecule has 1 aromatic carbocycles. The number of nitrogens with zero attached hydrogens (tertiary/aromatic N) is 1. The molecular formula is C16H22N2O4. The van der Waals surface area contributed by atoms with E-state index in [4.69, 9.17) is 9.47 Å². The molecule has 2 amide bonds. The van der Waals surface area contributed by atoms with Gasteiger partial charge in [0.05, 0.1) is 13.7 Å². The maximum absolute atomic E-state index is 11.8. The zero-order valence-electron chi connectivity index (χ0n) is 12.8. The number of likely N-dealkylation sites (tertiary alicyclic amines) is 1. The van der Waals surface area contributed by atoms with Crippen LogP contribution in [-0.2, 0) is 9.59 Å². The van der Waals surface area contributed by atoms with Crippen LogP contribution in [-0.4, -0.2) is 50.1 Å². The van der Waals surface area contributed by atoms with E-state index >= 15 is 0 Å². The van der Waals surface area contributed by atoms with Crippen molar-refractivity contribution in [2.45, 2.75) is 19.3 Å². The summed E-state index contributed by atoms with van der Waals surface area (Å²) in [6.07, 6.45) is 1.98. The van der Waals surface area contributed by atoms with Crippen LogP contribution in [0.3, 0.4) is 0 Å². The fraction of sp³-hybridized carbons (Fsp3) is 0.500. The number of hydrogen-bond acceptors (Lipinski definition) is 4. The van der Waals surface area contributed by atoms with Gasteiger partial charge in [-0.3, -0.25) is 9.59 Å². The molecule has 120 valence electrons. The van der Waals surface area contributed by atoms with E-state index in [0.717, 1.165) is 31.7 Å². The van der Waals surface area contributed by atoms with Crippen LogP contribution in [0.1, 0.15) is 19.3 Å². The van der Waals surface area contributed by atoms with E-state index < -0.39 is 0 Å². The Morgan fingerprint density at radius 1 is 1.14 bits per heavy atom. The molecule has 1 aromatic rings. The molecule has 0 aromatic heterocycles. The molecule has 0 radical (unpaired) electrons. The van der Waals surface area contributed by atoms with Crippen molar-refractivity contribution in [3.63, 3.8) is 0 Å². The van der Waals surface area contributed by atoms with E-state index in [2.05, 4.69) is 5.32 Å². The second-order valence-corrected chi connectivity index (χ2v) is 5.14. The Morgan fingerprint density at radius 2 is 1.77 bits per heavy atom. The molecule has 1 heterocycles. The standard InChI is InChI=1S/C16H22N2O4/c1-21-13-4-6-14(7-5-13)22-11-8-17-15(19)12-16(20)18-9-2-3-10-18/h4-7H,2-3,8-12H2,1H3,(H,17,19). The quantitative estimate of drug-likeness (QED) is 0.607. The van der Waals surface area contributed by atoms with E-state index in [9.17, 15) is 9.59 Å². The van der Waals surface area contributed by atoms with Crippen molar-refractivity contribution >= 4 is 11.8 Å². The van der Waals surface area contributed by atoms with Crippen molar-refractivity contribution in [3.8, 4) is 11.5 Å². The second-order valence-electron chi connectivity index (χ2n) is 5.14. The molecular weight excluding hydrogens is 284 g/mol. The third-order valence-electron chi connectivity index (χ3n) is 3.52. The van der Waals surface area contributed by atoms with Gasteiger partial charge in [0.2, 0.25) is 11.8 Å². The van der Waals surface area contributed by atoms with Crippen LogP contribution in [0.2, 0.25) is 0 Å². The van der Waals surface area contributed by atoms with Crippen LogP contribution in [0.25, 0.3) is 0 Å². The van der Waals surface area contributed by atoms with Gasteiger partial charge in [0.1, 0.15) is 24.5 Å². The highest BCUT2D eigenvalue weighted by atomic mass is 16.5. The number of amides is 2. The maximum Gasteiger partial charge on any atom is 0.232 e. The topological polar surface area (TPSA) is 67.9 Å². The average Bonchev–Trinajstić information content (AvgIpc) is 3.06. The Bertz CT molecular complexity index is 495. The number of rotatable bonds is 7. The summed E-state index contributed by atoms with van der Waals surface area (Å²) in [4.78, 5) is 25.2. The molecule has 22 heavy (non-hydrogen) atoms. The number of nitrogens with one attached hydrogen (secondary N) is 1. The van der Waals surface area contributed by atoms with Crippen LogP contribution < -0.4 is 14.8 Å². The molecule has 1 fully saturated rings. The number of carbonyl (C=O) groups is 2. The number of methoxy groups -OCH3 is 1. The van der Waals surface area contributed by atoms with Gasteiger partial charge in [0.15, 0.2) is 0 Å². The third-order valence-corrected chi connectivity index (χ3v) is 3.52.